The Morgan fingerprint density at radius 3 is 2.48 bits per heavy atom. The quantitative estimate of drug-likeness (QED) is 0.803. The Balaban J connectivity index is 1.85. The number of benzene rings is 1. The first-order valence-corrected chi connectivity index (χ1v) is 7.41. The van der Waals surface area contributed by atoms with Crippen LogP contribution in [0.15, 0.2) is 54.2 Å². The van der Waals surface area contributed by atoms with Crippen LogP contribution in [0.5, 0.6) is 5.75 Å². The van der Waals surface area contributed by atoms with Gasteiger partial charge in [0.05, 0.1) is 18.8 Å². The van der Waals surface area contributed by atoms with E-state index >= 15 is 0 Å². The van der Waals surface area contributed by atoms with Crippen LogP contribution >= 0.6 is 11.3 Å². The first-order chi connectivity index (χ1) is 10.3. The Bertz CT molecular complexity index is 710. The average Bonchev–Trinajstić information content (AvgIpc) is 3.05. The molecule has 106 valence electrons. The minimum Gasteiger partial charge on any atom is -0.497 e. The lowest BCUT2D eigenvalue weighted by atomic mass is 10.1. The molecule has 0 saturated heterocycles. The number of rotatable bonds is 4. The summed E-state index contributed by atoms with van der Waals surface area (Å²) in [6, 6.07) is 11.5. The minimum absolute atomic E-state index is 0.218. The van der Waals surface area contributed by atoms with E-state index in [0.717, 1.165) is 27.6 Å². The number of methoxy groups -OCH3 is 1. The largest absolute Gasteiger partial charge is 0.497 e. The van der Waals surface area contributed by atoms with Gasteiger partial charge in [-0.3, -0.25) is 4.98 Å². The van der Waals surface area contributed by atoms with Gasteiger partial charge >= 0.3 is 0 Å². The van der Waals surface area contributed by atoms with Gasteiger partial charge in [-0.1, -0.05) is 0 Å². The number of aromatic nitrogens is 2. The highest BCUT2D eigenvalue weighted by atomic mass is 32.1. The maximum Gasteiger partial charge on any atom is 0.118 e. The van der Waals surface area contributed by atoms with Crippen LogP contribution in [0.2, 0.25) is 0 Å². The fraction of sp³-hybridized carbons (Fsp3) is 0.125. The molecular weight excluding hydrogens is 282 g/mol. The summed E-state index contributed by atoms with van der Waals surface area (Å²) in [5.74, 6) is 0.836. The monoisotopic (exact) mass is 297 g/mol. The van der Waals surface area contributed by atoms with Gasteiger partial charge in [0.1, 0.15) is 10.8 Å². The minimum atomic E-state index is -0.218. The van der Waals surface area contributed by atoms with E-state index in [1.165, 1.54) is 0 Å². The Labute approximate surface area is 127 Å². The van der Waals surface area contributed by atoms with Crippen LogP contribution in [0.3, 0.4) is 0 Å². The molecule has 0 radical (unpaired) electrons. The first kappa shape index (κ1) is 13.7. The predicted molar refractivity (Wildman–Crippen MR) is 84.4 cm³/mol. The number of hydrogen-bond donors (Lipinski definition) is 1. The fourth-order valence-electron chi connectivity index (χ4n) is 2.04. The third-order valence-electron chi connectivity index (χ3n) is 3.24. The van der Waals surface area contributed by atoms with Gasteiger partial charge in [0.25, 0.3) is 0 Å². The lowest BCUT2D eigenvalue weighted by Crippen LogP contribution is -2.11. The van der Waals surface area contributed by atoms with Gasteiger partial charge in [0, 0.05) is 23.3 Å². The lowest BCUT2D eigenvalue weighted by molar-refractivity contribution is 0.415. The second kappa shape index (κ2) is 6.03. The van der Waals surface area contributed by atoms with Gasteiger partial charge in [0.2, 0.25) is 0 Å². The molecule has 1 aromatic carbocycles. The molecule has 0 bridgehead atoms. The van der Waals surface area contributed by atoms with Crippen LogP contribution in [0.4, 0.5) is 0 Å². The van der Waals surface area contributed by atoms with E-state index in [4.69, 9.17) is 10.5 Å². The summed E-state index contributed by atoms with van der Waals surface area (Å²) in [6.07, 6.45) is 3.49. The second-order valence-corrected chi connectivity index (χ2v) is 5.45. The maximum absolute atomic E-state index is 6.25. The van der Waals surface area contributed by atoms with Crippen LogP contribution in [-0.2, 0) is 0 Å². The summed E-state index contributed by atoms with van der Waals surface area (Å²) < 4.78 is 5.16. The smallest absolute Gasteiger partial charge is 0.118 e. The van der Waals surface area contributed by atoms with Crippen molar-refractivity contribution in [2.45, 2.75) is 6.04 Å². The number of thiazole rings is 1. The van der Waals surface area contributed by atoms with Gasteiger partial charge < -0.3 is 10.5 Å². The van der Waals surface area contributed by atoms with Gasteiger partial charge in [-0.2, -0.15) is 0 Å². The van der Waals surface area contributed by atoms with Gasteiger partial charge in [0.15, 0.2) is 0 Å². The molecule has 2 N–H and O–H groups in total. The molecule has 3 rings (SSSR count). The third-order valence-corrected chi connectivity index (χ3v) is 4.17. The van der Waals surface area contributed by atoms with E-state index in [9.17, 15) is 0 Å². The molecule has 4 nitrogen and oxygen atoms in total. The van der Waals surface area contributed by atoms with Crippen LogP contribution in [0.25, 0.3) is 11.3 Å². The molecule has 5 heteroatoms. The van der Waals surface area contributed by atoms with E-state index in [-0.39, 0.29) is 6.04 Å². The summed E-state index contributed by atoms with van der Waals surface area (Å²) in [4.78, 5) is 8.65. The highest BCUT2D eigenvalue weighted by molar-refractivity contribution is 7.10. The van der Waals surface area contributed by atoms with E-state index in [1.54, 1.807) is 30.8 Å². The van der Waals surface area contributed by atoms with Crippen molar-refractivity contribution >= 4 is 11.3 Å². The SMILES string of the molecule is COc1ccc(-c2csc(C(N)c3ccncc3)n2)cc1. The van der Waals surface area contributed by atoms with Crippen LogP contribution < -0.4 is 10.5 Å². The van der Waals surface area contributed by atoms with Gasteiger partial charge in [-0.25, -0.2) is 4.98 Å². The molecule has 0 saturated carbocycles. The van der Waals surface area contributed by atoms with Crippen LogP contribution in [0, 0.1) is 0 Å². The number of pyridine rings is 1. The highest BCUT2D eigenvalue weighted by Crippen LogP contribution is 2.28. The van der Waals surface area contributed by atoms with E-state index in [1.807, 2.05) is 41.8 Å². The van der Waals surface area contributed by atoms with Crippen molar-refractivity contribution in [1.82, 2.24) is 9.97 Å². The molecule has 3 aromatic rings. The topological polar surface area (TPSA) is 61.0 Å². The average molecular weight is 297 g/mol. The zero-order valence-electron chi connectivity index (χ0n) is 11.6. The molecule has 1 atom stereocenters. The third kappa shape index (κ3) is 2.94. The molecular formula is C16H15N3OS. The van der Waals surface area contributed by atoms with Crippen molar-refractivity contribution in [2.24, 2.45) is 5.73 Å². The normalized spacial score (nSPS) is 12.1. The predicted octanol–water partition coefficient (Wildman–Crippen LogP) is 3.26. The molecule has 2 aromatic heterocycles. The molecule has 0 spiro atoms. The Hall–Kier alpha value is -2.24. The molecule has 0 amide bonds. The van der Waals surface area contributed by atoms with Crippen LogP contribution in [-0.4, -0.2) is 17.1 Å². The number of nitrogens with zero attached hydrogens (tertiary/aromatic N) is 2. The Morgan fingerprint density at radius 1 is 1.10 bits per heavy atom. The maximum atomic E-state index is 6.25. The van der Waals surface area contributed by atoms with E-state index in [0.29, 0.717) is 0 Å². The first-order valence-electron chi connectivity index (χ1n) is 6.53. The van der Waals surface area contributed by atoms with Crippen molar-refractivity contribution in [3.05, 3.63) is 64.7 Å². The van der Waals surface area contributed by atoms with E-state index < -0.39 is 0 Å². The fourth-order valence-corrected chi connectivity index (χ4v) is 2.89. The Kier molecular flexibility index (Phi) is 3.94. The van der Waals surface area contributed by atoms with Gasteiger partial charge in [-0.15, -0.1) is 11.3 Å². The summed E-state index contributed by atoms with van der Waals surface area (Å²) in [7, 11) is 1.66. The molecule has 0 fully saturated rings. The van der Waals surface area contributed by atoms with Crippen molar-refractivity contribution in [3.8, 4) is 17.0 Å². The molecule has 0 aliphatic heterocycles. The van der Waals surface area contributed by atoms with Gasteiger partial charge in [-0.05, 0) is 42.0 Å². The molecule has 2 heterocycles. The zero-order valence-corrected chi connectivity index (χ0v) is 12.4. The van der Waals surface area contributed by atoms with Crippen LogP contribution in [0.1, 0.15) is 16.6 Å². The summed E-state index contributed by atoms with van der Waals surface area (Å²) in [5, 5.41) is 2.92. The summed E-state index contributed by atoms with van der Waals surface area (Å²) in [6.45, 7) is 0. The Morgan fingerprint density at radius 2 is 1.81 bits per heavy atom. The van der Waals surface area contributed by atoms with Crippen molar-refractivity contribution in [3.63, 3.8) is 0 Å². The summed E-state index contributed by atoms with van der Waals surface area (Å²) in [5.41, 5.74) is 9.26. The number of ether oxygens (including phenoxy) is 1. The number of hydrogen-bond acceptors (Lipinski definition) is 5. The number of nitrogens with two attached hydrogens (primary N) is 1. The highest BCUT2D eigenvalue weighted by Gasteiger charge is 2.13. The zero-order chi connectivity index (χ0) is 14.7. The summed E-state index contributed by atoms with van der Waals surface area (Å²) >= 11 is 1.57. The molecule has 0 aliphatic rings. The standard InChI is InChI=1S/C16H15N3OS/c1-20-13-4-2-11(3-5-13)14-10-21-16(19-14)15(17)12-6-8-18-9-7-12/h2-10,15H,17H2,1H3. The molecule has 0 aliphatic carbocycles. The van der Waals surface area contributed by atoms with Crippen molar-refractivity contribution in [2.75, 3.05) is 7.11 Å². The van der Waals surface area contributed by atoms with Crippen molar-refractivity contribution < 1.29 is 4.74 Å². The molecule has 21 heavy (non-hydrogen) atoms. The second-order valence-electron chi connectivity index (χ2n) is 4.56. The van der Waals surface area contributed by atoms with E-state index in [2.05, 4.69) is 9.97 Å². The van der Waals surface area contributed by atoms with Crippen molar-refractivity contribution in [1.29, 1.82) is 0 Å². The molecule has 1 unspecified atom stereocenters. The lowest BCUT2D eigenvalue weighted by Gasteiger charge is -2.07.